The zero-order valence-electron chi connectivity index (χ0n) is 10.4. The third kappa shape index (κ3) is 12.9. The first-order valence-corrected chi connectivity index (χ1v) is 6.32. The maximum Gasteiger partial charge on any atom is 0.142 e. The van der Waals surface area contributed by atoms with E-state index in [0.29, 0.717) is 0 Å². The van der Waals surface area contributed by atoms with Crippen molar-refractivity contribution in [2.45, 2.75) is 51.9 Å². The first kappa shape index (κ1) is 14.9. The van der Waals surface area contributed by atoms with Crippen molar-refractivity contribution in [3.63, 3.8) is 0 Å². The summed E-state index contributed by atoms with van der Waals surface area (Å²) in [6.45, 7) is 2.23. The topological polar surface area (TPSA) is 17.1 Å². The van der Waals surface area contributed by atoms with Crippen molar-refractivity contribution in [2.75, 3.05) is 0 Å². The summed E-state index contributed by atoms with van der Waals surface area (Å²) >= 11 is 0. The van der Waals surface area contributed by atoms with Crippen LogP contribution in [0.25, 0.3) is 0 Å². The number of hydrogen-bond acceptors (Lipinski definition) is 1. The summed E-state index contributed by atoms with van der Waals surface area (Å²) in [5, 5.41) is 0. The standard InChI is InChI=1S/C15H24O/c1-2-3-4-5-6-7-8-9-10-11-12-13-14-15-16/h6-7,9-10,13-15H,2-5,8,11-12H2,1H3/b7-6-,10-9-,14-13+. The summed E-state index contributed by atoms with van der Waals surface area (Å²) in [5.41, 5.74) is 0. The molecule has 0 bridgehead atoms. The molecule has 0 aromatic rings. The molecular weight excluding hydrogens is 196 g/mol. The minimum atomic E-state index is 0.822. The van der Waals surface area contributed by atoms with E-state index in [0.717, 1.165) is 25.5 Å². The lowest BCUT2D eigenvalue weighted by atomic mass is 10.2. The van der Waals surface area contributed by atoms with Crippen LogP contribution in [0.1, 0.15) is 51.9 Å². The molecule has 0 heterocycles. The van der Waals surface area contributed by atoms with E-state index >= 15 is 0 Å². The van der Waals surface area contributed by atoms with E-state index in [1.807, 2.05) is 6.08 Å². The molecule has 90 valence electrons. The second-order valence-corrected chi connectivity index (χ2v) is 3.82. The molecule has 0 aliphatic heterocycles. The number of unbranched alkanes of at least 4 members (excludes halogenated alkanes) is 4. The Morgan fingerprint density at radius 2 is 1.50 bits per heavy atom. The molecule has 0 amide bonds. The van der Waals surface area contributed by atoms with Gasteiger partial charge in [-0.2, -0.15) is 0 Å². The molecule has 0 aromatic heterocycles. The number of hydrogen-bond donors (Lipinski definition) is 0. The van der Waals surface area contributed by atoms with Gasteiger partial charge in [0.1, 0.15) is 6.29 Å². The molecule has 0 N–H and O–H groups in total. The Morgan fingerprint density at radius 1 is 0.812 bits per heavy atom. The van der Waals surface area contributed by atoms with Crippen molar-refractivity contribution >= 4 is 6.29 Å². The fraction of sp³-hybridized carbons (Fsp3) is 0.533. The van der Waals surface area contributed by atoms with Crippen molar-refractivity contribution in [1.29, 1.82) is 0 Å². The number of carbonyl (C=O) groups excluding carboxylic acids is 1. The molecule has 1 heteroatoms. The minimum Gasteiger partial charge on any atom is -0.299 e. The van der Waals surface area contributed by atoms with E-state index in [-0.39, 0.29) is 0 Å². The van der Waals surface area contributed by atoms with Gasteiger partial charge >= 0.3 is 0 Å². The Balaban J connectivity index is 3.26. The Kier molecular flexibility index (Phi) is 12.9. The fourth-order valence-corrected chi connectivity index (χ4v) is 1.36. The molecule has 16 heavy (non-hydrogen) atoms. The van der Waals surface area contributed by atoms with Gasteiger partial charge in [-0.25, -0.2) is 0 Å². The van der Waals surface area contributed by atoms with E-state index in [9.17, 15) is 4.79 Å². The van der Waals surface area contributed by atoms with Crippen LogP contribution in [-0.4, -0.2) is 6.29 Å². The highest BCUT2D eigenvalue weighted by atomic mass is 16.1. The van der Waals surface area contributed by atoms with Gasteiger partial charge in [0, 0.05) is 0 Å². The fourth-order valence-electron chi connectivity index (χ4n) is 1.36. The number of aldehydes is 1. The van der Waals surface area contributed by atoms with Gasteiger partial charge in [-0.15, -0.1) is 0 Å². The quantitative estimate of drug-likeness (QED) is 0.227. The zero-order valence-corrected chi connectivity index (χ0v) is 10.4. The predicted molar refractivity (Wildman–Crippen MR) is 71.5 cm³/mol. The molecule has 0 fully saturated rings. The second kappa shape index (κ2) is 13.9. The highest BCUT2D eigenvalue weighted by Gasteiger charge is 1.80. The molecule has 0 unspecified atom stereocenters. The van der Waals surface area contributed by atoms with Crippen LogP contribution in [0.15, 0.2) is 36.5 Å². The Bertz CT molecular complexity index is 224. The third-order valence-electron chi connectivity index (χ3n) is 2.29. The maximum absolute atomic E-state index is 9.97. The van der Waals surface area contributed by atoms with Crippen LogP contribution in [0.2, 0.25) is 0 Å². The van der Waals surface area contributed by atoms with Crippen molar-refractivity contribution in [2.24, 2.45) is 0 Å². The summed E-state index contributed by atoms with van der Waals surface area (Å²) in [4.78, 5) is 9.97. The molecule has 0 spiro atoms. The Hall–Kier alpha value is -1.11. The summed E-state index contributed by atoms with van der Waals surface area (Å²) in [7, 11) is 0. The molecule has 0 aliphatic rings. The molecule has 0 saturated carbocycles. The van der Waals surface area contributed by atoms with Gasteiger partial charge < -0.3 is 0 Å². The van der Waals surface area contributed by atoms with Gasteiger partial charge in [0.25, 0.3) is 0 Å². The highest BCUT2D eigenvalue weighted by Crippen LogP contribution is 2.01. The normalized spacial score (nSPS) is 12.1. The molecule has 0 atom stereocenters. The lowest BCUT2D eigenvalue weighted by Gasteiger charge is -1.90. The first-order valence-electron chi connectivity index (χ1n) is 6.32. The first-order chi connectivity index (χ1) is 7.91. The largest absolute Gasteiger partial charge is 0.299 e. The van der Waals surface area contributed by atoms with Gasteiger partial charge in [-0.05, 0) is 38.2 Å². The number of carbonyl (C=O) groups is 1. The minimum absolute atomic E-state index is 0.822. The van der Waals surface area contributed by atoms with Gasteiger partial charge in [-0.1, -0.05) is 50.1 Å². The summed E-state index contributed by atoms with van der Waals surface area (Å²) in [5.74, 6) is 0. The van der Waals surface area contributed by atoms with Crippen LogP contribution in [-0.2, 0) is 4.79 Å². The molecule has 0 radical (unpaired) electrons. The molecule has 0 aliphatic carbocycles. The zero-order chi connectivity index (χ0) is 11.9. The lowest BCUT2D eigenvalue weighted by molar-refractivity contribution is -0.104. The number of allylic oxidation sites excluding steroid dienone is 6. The summed E-state index contributed by atoms with van der Waals surface area (Å²) < 4.78 is 0. The maximum atomic E-state index is 9.97. The summed E-state index contributed by atoms with van der Waals surface area (Å²) in [6, 6.07) is 0. The average molecular weight is 220 g/mol. The smallest absolute Gasteiger partial charge is 0.142 e. The van der Waals surface area contributed by atoms with Gasteiger partial charge in [0.15, 0.2) is 0 Å². The van der Waals surface area contributed by atoms with Gasteiger partial charge in [0.2, 0.25) is 0 Å². The molecule has 0 aromatic carbocycles. The Morgan fingerprint density at radius 3 is 2.19 bits per heavy atom. The van der Waals surface area contributed by atoms with E-state index < -0.39 is 0 Å². The average Bonchev–Trinajstić information content (AvgIpc) is 2.31. The van der Waals surface area contributed by atoms with Crippen LogP contribution in [0.3, 0.4) is 0 Å². The monoisotopic (exact) mass is 220 g/mol. The van der Waals surface area contributed by atoms with E-state index in [4.69, 9.17) is 0 Å². The van der Waals surface area contributed by atoms with E-state index in [1.165, 1.54) is 25.7 Å². The third-order valence-corrected chi connectivity index (χ3v) is 2.29. The summed E-state index contributed by atoms with van der Waals surface area (Å²) in [6.07, 6.45) is 21.3. The van der Waals surface area contributed by atoms with Crippen LogP contribution < -0.4 is 0 Å². The van der Waals surface area contributed by atoms with Crippen LogP contribution in [0.5, 0.6) is 0 Å². The van der Waals surface area contributed by atoms with Crippen LogP contribution in [0.4, 0.5) is 0 Å². The lowest BCUT2D eigenvalue weighted by Crippen LogP contribution is -1.70. The predicted octanol–water partition coefficient (Wildman–Crippen LogP) is 4.60. The Labute approximate surface area is 99.9 Å². The van der Waals surface area contributed by atoms with Crippen LogP contribution >= 0.6 is 0 Å². The second-order valence-electron chi connectivity index (χ2n) is 3.82. The van der Waals surface area contributed by atoms with E-state index in [1.54, 1.807) is 6.08 Å². The molecule has 0 saturated heterocycles. The SMILES string of the molecule is CCCCC/C=C\C/C=C\CC/C=C/C=O. The van der Waals surface area contributed by atoms with Crippen molar-refractivity contribution in [3.05, 3.63) is 36.5 Å². The highest BCUT2D eigenvalue weighted by molar-refractivity contribution is 5.64. The molecule has 1 nitrogen and oxygen atoms in total. The van der Waals surface area contributed by atoms with Gasteiger partial charge in [0.05, 0.1) is 0 Å². The molecule has 0 rings (SSSR count). The molecular formula is C15H24O. The van der Waals surface area contributed by atoms with Crippen LogP contribution in [0, 0.1) is 0 Å². The van der Waals surface area contributed by atoms with Crippen molar-refractivity contribution in [1.82, 2.24) is 0 Å². The van der Waals surface area contributed by atoms with Gasteiger partial charge in [-0.3, -0.25) is 4.79 Å². The van der Waals surface area contributed by atoms with E-state index in [2.05, 4.69) is 31.2 Å². The van der Waals surface area contributed by atoms with Crippen molar-refractivity contribution < 1.29 is 4.79 Å². The number of rotatable bonds is 10. The van der Waals surface area contributed by atoms with Crippen molar-refractivity contribution in [3.8, 4) is 0 Å².